The average molecular weight is 345 g/mol. The summed E-state index contributed by atoms with van der Waals surface area (Å²) >= 11 is 0. The Kier molecular flexibility index (Phi) is 5.89. The zero-order valence-corrected chi connectivity index (χ0v) is 15.6. The molecule has 0 unspecified atom stereocenters. The number of aromatic nitrogens is 2. The van der Waals surface area contributed by atoms with E-state index in [1.165, 1.54) is 19.3 Å². The molecule has 2 fully saturated rings. The van der Waals surface area contributed by atoms with Crippen molar-refractivity contribution < 1.29 is 4.79 Å². The molecule has 0 bridgehead atoms. The van der Waals surface area contributed by atoms with Crippen molar-refractivity contribution in [3.8, 4) is 0 Å². The molecule has 0 aromatic carbocycles. The van der Waals surface area contributed by atoms with Crippen LogP contribution in [0.3, 0.4) is 0 Å². The van der Waals surface area contributed by atoms with Gasteiger partial charge < -0.3 is 10.2 Å². The molecule has 1 amide bonds. The molecule has 1 saturated heterocycles. The lowest BCUT2D eigenvalue weighted by molar-refractivity contribution is -0.132. The van der Waals surface area contributed by atoms with Gasteiger partial charge in [-0.15, -0.1) is 0 Å². The number of nitrogens with zero attached hydrogens (tertiary/aromatic N) is 4. The third-order valence-electron chi connectivity index (χ3n) is 5.62. The Balaban J connectivity index is 1.43. The van der Waals surface area contributed by atoms with Gasteiger partial charge in [0, 0.05) is 56.6 Å². The maximum absolute atomic E-state index is 12.7. The fraction of sp³-hybridized carbons (Fsp3) is 0.737. The van der Waals surface area contributed by atoms with Crippen molar-refractivity contribution in [2.45, 2.75) is 52.0 Å². The van der Waals surface area contributed by atoms with Gasteiger partial charge in [-0.05, 0) is 25.8 Å². The van der Waals surface area contributed by atoms with E-state index in [0.717, 1.165) is 51.5 Å². The number of carbonyl (C=O) groups excluding carboxylic acids is 1. The second-order valence-corrected chi connectivity index (χ2v) is 7.83. The molecule has 1 aliphatic carbocycles. The van der Waals surface area contributed by atoms with Gasteiger partial charge in [-0.2, -0.15) is 0 Å². The maximum atomic E-state index is 12.7. The zero-order chi connectivity index (χ0) is 17.7. The van der Waals surface area contributed by atoms with Crippen molar-refractivity contribution in [1.82, 2.24) is 20.2 Å². The van der Waals surface area contributed by atoms with Gasteiger partial charge in [0.1, 0.15) is 0 Å². The molecule has 138 valence electrons. The average Bonchev–Trinajstić information content (AvgIpc) is 2.63. The predicted molar refractivity (Wildman–Crippen MR) is 99.5 cm³/mol. The van der Waals surface area contributed by atoms with Gasteiger partial charge in [0.15, 0.2) is 0 Å². The predicted octanol–water partition coefficient (Wildman–Crippen LogP) is 2.07. The fourth-order valence-electron chi connectivity index (χ4n) is 3.98. The van der Waals surface area contributed by atoms with E-state index in [1.807, 2.05) is 6.07 Å². The van der Waals surface area contributed by atoms with Gasteiger partial charge >= 0.3 is 0 Å². The lowest BCUT2D eigenvalue weighted by atomic mass is 9.75. The molecule has 2 heterocycles. The first-order valence-corrected chi connectivity index (χ1v) is 9.62. The molecule has 2 aliphatic rings. The number of hydrogen-bond acceptors (Lipinski definition) is 5. The number of piperazine rings is 1. The monoisotopic (exact) mass is 345 g/mol. The van der Waals surface area contributed by atoms with Crippen molar-refractivity contribution in [3.63, 3.8) is 0 Å². The minimum absolute atomic E-state index is 0.157. The highest BCUT2D eigenvalue weighted by atomic mass is 16.2. The topological polar surface area (TPSA) is 61.4 Å². The Bertz CT molecular complexity index is 550. The number of hydrogen-bond donors (Lipinski definition) is 1. The number of anilines is 1. The Hall–Kier alpha value is -1.69. The van der Waals surface area contributed by atoms with Gasteiger partial charge in [-0.1, -0.05) is 26.2 Å². The van der Waals surface area contributed by atoms with Crippen molar-refractivity contribution in [3.05, 3.63) is 18.5 Å². The van der Waals surface area contributed by atoms with E-state index in [2.05, 4.69) is 38.9 Å². The highest BCUT2D eigenvalue weighted by Crippen LogP contribution is 2.35. The third-order valence-corrected chi connectivity index (χ3v) is 5.62. The van der Waals surface area contributed by atoms with Crippen molar-refractivity contribution in [1.29, 1.82) is 0 Å². The third kappa shape index (κ3) is 4.69. The maximum Gasteiger partial charge on any atom is 0.226 e. The van der Waals surface area contributed by atoms with Crippen molar-refractivity contribution >= 4 is 11.9 Å². The number of rotatable bonds is 5. The SMILES string of the molecule is C[C@H](CN1CCN(c2ncccn2)CC1)NC(=O)C1(C)CCCCC1. The van der Waals surface area contributed by atoms with Gasteiger partial charge in [0.2, 0.25) is 11.9 Å². The second kappa shape index (κ2) is 8.13. The molecule has 1 aromatic heterocycles. The first-order valence-electron chi connectivity index (χ1n) is 9.62. The van der Waals surface area contributed by atoms with Crippen LogP contribution in [0.5, 0.6) is 0 Å². The van der Waals surface area contributed by atoms with E-state index in [1.54, 1.807) is 12.4 Å². The molecule has 6 heteroatoms. The summed E-state index contributed by atoms with van der Waals surface area (Å²) in [4.78, 5) is 26.0. The summed E-state index contributed by atoms with van der Waals surface area (Å²) in [6.45, 7) is 8.99. The van der Waals surface area contributed by atoms with Crippen LogP contribution in [0.4, 0.5) is 5.95 Å². The molecule has 25 heavy (non-hydrogen) atoms. The molecular formula is C19H31N5O. The zero-order valence-electron chi connectivity index (χ0n) is 15.6. The van der Waals surface area contributed by atoms with Crippen LogP contribution in [0.2, 0.25) is 0 Å². The first kappa shape index (κ1) is 18.1. The molecule has 1 aliphatic heterocycles. The molecule has 1 N–H and O–H groups in total. The van der Waals surface area contributed by atoms with Gasteiger partial charge in [-0.25, -0.2) is 9.97 Å². The summed E-state index contributed by atoms with van der Waals surface area (Å²) in [6, 6.07) is 2.03. The highest BCUT2D eigenvalue weighted by Gasteiger charge is 2.35. The summed E-state index contributed by atoms with van der Waals surface area (Å²) in [5.41, 5.74) is -0.157. The van der Waals surface area contributed by atoms with Crippen LogP contribution in [0, 0.1) is 5.41 Å². The smallest absolute Gasteiger partial charge is 0.226 e. The molecule has 0 spiro atoms. The minimum atomic E-state index is -0.157. The van der Waals surface area contributed by atoms with Gasteiger partial charge in [0.25, 0.3) is 0 Å². The van der Waals surface area contributed by atoms with Crippen LogP contribution >= 0.6 is 0 Å². The summed E-state index contributed by atoms with van der Waals surface area (Å²) in [7, 11) is 0. The molecule has 1 aromatic rings. The van der Waals surface area contributed by atoms with Crippen LogP contribution in [0.15, 0.2) is 18.5 Å². The largest absolute Gasteiger partial charge is 0.352 e. The van der Waals surface area contributed by atoms with E-state index >= 15 is 0 Å². The Labute approximate surface area is 151 Å². The molecule has 1 saturated carbocycles. The number of nitrogens with one attached hydrogen (secondary N) is 1. The summed E-state index contributed by atoms with van der Waals surface area (Å²) in [5, 5.41) is 3.26. The molecule has 6 nitrogen and oxygen atoms in total. The highest BCUT2D eigenvalue weighted by molar-refractivity contribution is 5.82. The van der Waals surface area contributed by atoms with Gasteiger partial charge in [-0.3, -0.25) is 9.69 Å². The Morgan fingerprint density at radius 3 is 2.44 bits per heavy atom. The molecule has 3 rings (SSSR count). The van der Waals surface area contributed by atoms with Crippen LogP contribution in [-0.2, 0) is 4.79 Å². The van der Waals surface area contributed by atoms with Crippen molar-refractivity contribution in [2.75, 3.05) is 37.6 Å². The minimum Gasteiger partial charge on any atom is -0.352 e. The van der Waals surface area contributed by atoms with Crippen LogP contribution in [0.1, 0.15) is 46.0 Å². The molecular weight excluding hydrogens is 314 g/mol. The normalized spacial score (nSPS) is 22.4. The first-order chi connectivity index (χ1) is 12.1. The van der Waals surface area contributed by atoms with E-state index in [-0.39, 0.29) is 17.4 Å². The summed E-state index contributed by atoms with van der Waals surface area (Å²) < 4.78 is 0. The summed E-state index contributed by atoms with van der Waals surface area (Å²) in [6.07, 6.45) is 9.27. The standard InChI is InChI=1S/C19H31N5O/c1-16(22-17(25)19(2)7-4-3-5-8-19)15-23-11-13-24(14-12-23)18-20-9-6-10-21-18/h6,9-10,16H,3-5,7-8,11-15H2,1-2H3,(H,22,25)/t16-/m1/s1. The van der Waals surface area contributed by atoms with E-state index < -0.39 is 0 Å². The lowest BCUT2D eigenvalue weighted by Crippen LogP contribution is -2.52. The second-order valence-electron chi connectivity index (χ2n) is 7.83. The molecule has 1 atom stereocenters. The van der Waals surface area contributed by atoms with E-state index in [9.17, 15) is 4.79 Å². The Morgan fingerprint density at radius 1 is 1.16 bits per heavy atom. The Morgan fingerprint density at radius 2 is 1.80 bits per heavy atom. The summed E-state index contributed by atoms with van der Waals surface area (Å²) in [5.74, 6) is 1.06. The quantitative estimate of drug-likeness (QED) is 0.885. The van der Waals surface area contributed by atoms with Gasteiger partial charge in [0.05, 0.1) is 0 Å². The van der Waals surface area contributed by atoms with Crippen LogP contribution < -0.4 is 10.2 Å². The van der Waals surface area contributed by atoms with Crippen molar-refractivity contribution in [2.24, 2.45) is 5.41 Å². The fourth-order valence-corrected chi connectivity index (χ4v) is 3.98. The van der Waals surface area contributed by atoms with E-state index in [0.29, 0.717) is 0 Å². The molecule has 0 radical (unpaired) electrons. The van der Waals surface area contributed by atoms with Crippen LogP contribution in [-0.4, -0.2) is 59.5 Å². The van der Waals surface area contributed by atoms with Crippen LogP contribution in [0.25, 0.3) is 0 Å². The lowest BCUT2D eigenvalue weighted by Gasteiger charge is -2.37. The number of amides is 1. The van der Waals surface area contributed by atoms with E-state index in [4.69, 9.17) is 0 Å². The number of carbonyl (C=O) groups is 1.